The number of carbonyl (C=O) groups excluding carboxylic acids is 3. The second-order valence-electron chi connectivity index (χ2n) is 8.19. The maximum absolute atomic E-state index is 13.3. The van der Waals surface area contributed by atoms with Crippen LogP contribution >= 0.6 is 15.9 Å². The van der Waals surface area contributed by atoms with Crippen molar-refractivity contribution in [2.45, 2.75) is 45.3 Å². The number of fused-ring (bicyclic) bond motifs is 2. The Kier molecular flexibility index (Phi) is 5.00. The maximum atomic E-state index is 13.3. The molecule has 164 valence electrons. The average molecular weight is 498 g/mol. The van der Waals surface area contributed by atoms with Gasteiger partial charge in [0.1, 0.15) is 22.9 Å². The van der Waals surface area contributed by atoms with Gasteiger partial charge in [-0.25, -0.2) is 4.98 Å². The molecule has 1 saturated carbocycles. The molecule has 1 aliphatic heterocycles. The molecule has 3 aromatic rings. The van der Waals surface area contributed by atoms with Gasteiger partial charge in [0, 0.05) is 24.5 Å². The fraction of sp³-hybridized carbons (Fsp3) is 0.381. The van der Waals surface area contributed by atoms with Gasteiger partial charge in [-0.3, -0.25) is 29.0 Å². The van der Waals surface area contributed by atoms with Crippen LogP contribution < -0.4 is 5.32 Å². The summed E-state index contributed by atoms with van der Waals surface area (Å²) in [7, 11) is 0. The van der Waals surface area contributed by atoms with Crippen LogP contribution in [0.5, 0.6) is 0 Å². The number of aromatic nitrogens is 5. The molecule has 0 spiro atoms. The van der Waals surface area contributed by atoms with Gasteiger partial charge in [-0.1, -0.05) is 0 Å². The summed E-state index contributed by atoms with van der Waals surface area (Å²) in [5.74, 6) is -0.0230. The minimum atomic E-state index is -0.583. The number of nitrogens with one attached hydrogen (secondary N) is 1. The summed E-state index contributed by atoms with van der Waals surface area (Å²) < 4.78 is 2.05. The highest BCUT2D eigenvalue weighted by Crippen LogP contribution is 2.48. The maximum Gasteiger partial charge on any atom is 0.248 e. The number of piperidine rings is 1. The lowest BCUT2D eigenvalue weighted by Crippen LogP contribution is -2.46. The van der Waals surface area contributed by atoms with Crippen molar-refractivity contribution in [1.29, 1.82) is 0 Å². The van der Waals surface area contributed by atoms with Crippen molar-refractivity contribution in [2.75, 3.05) is 5.32 Å². The van der Waals surface area contributed by atoms with Crippen LogP contribution in [0.25, 0.3) is 10.9 Å². The van der Waals surface area contributed by atoms with E-state index in [1.54, 1.807) is 30.3 Å². The number of hydrogen-bond acceptors (Lipinski definition) is 7. The van der Waals surface area contributed by atoms with E-state index in [0.717, 1.165) is 6.42 Å². The number of Topliss-reactive ketones (excluding diaryl/α,β-unsaturated/α-hetero) is 1. The van der Waals surface area contributed by atoms with Gasteiger partial charge in [0.15, 0.2) is 11.6 Å². The topological polar surface area (TPSA) is 123 Å². The van der Waals surface area contributed by atoms with Crippen molar-refractivity contribution in [3.8, 4) is 0 Å². The first-order chi connectivity index (χ1) is 15.3. The molecule has 11 heteroatoms. The molecule has 32 heavy (non-hydrogen) atoms. The Balaban J connectivity index is 1.37. The predicted molar refractivity (Wildman–Crippen MR) is 118 cm³/mol. The Morgan fingerprint density at radius 3 is 2.81 bits per heavy atom. The van der Waals surface area contributed by atoms with Crippen molar-refractivity contribution in [1.82, 2.24) is 29.6 Å². The molecule has 3 atom stereocenters. The number of nitrogens with zero attached hydrogens (tertiary/aromatic N) is 6. The molecule has 1 N–H and O–H groups in total. The second kappa shape index (κ2) is 7.73. The minimum Gasteiger partial charge on any atom is -0.326 e. The summed E-state index contributed by atoms with van der Waals surface area (Å²) in [6.07, 6.45) is 6.18. The largest absolute Gasteiger partial charge is 0.326 e. The Labute approximate surface area is 191 Å². The third-order valence-electron chi connectivity index (χ3n) is 6.02. The lowest BCUT2D eigenvalue weighted by atomic mass is 10.1. The molecule has 1 aliphatic carbocycles. The number of amides is 2. The number of rotatable bonds is 5. The molecule has 2 fully saturated rings. The molecular weight excluding hydrogens is 478 g/mol. The SMILES string of the molecule is CC(=O)c1nn(CC(=O)N2[C@@H]3C[C@@H]3C[C@H]2C(=O)Nc2cnc(C)c(Br)n2)c2cnccc12. The molecule has 0 aromatic carbocycles. The van der Waals surface area contributed by atoms with E-state index >= 15 is 0 Å². The van der Waals surface area contributed by atoms with Gasteiger partial charge in [-0.2, -0.15) is 5.10 Å². The van der Waals surface area contributed by atoms with Crippen LogP contribution in [0.2, 0.25) is 0 Å². The van der Waals surface area contributed by atoms with Crippen LogP contribution in [0.1, 0.15) is 35.9 Å². The van der Waals surface area contributed by atoms with Gasteiger partial charge in [0.05, 0.1) is 23.6 Å². The van der Waals surface area contributed by atoms with E-state index in [1.165, 1.54) is 17.8 Å². The monoisotopic (exact) mass is 497 g/mol. The predicted octanol–water partition coefficient (Wildman–Crippen LogP) is 2.12. The summed E-state index contributed by atoms with van der Waals surface area (Å²) in [5.41, 5.74) is 1.63. The smallest absolute Gasteiger partial charge is 0.248 e. The Morgan fingerprint density at radius 2 is 2.06 bits per heavy atom. The fourth-order valence-electron chi connectivity index (χ4n) is 4.36. The van der Waals surface area contributed by atoms with E-state index in [1.807, 2.05) is 0 Å². The number of hydrogen-bond donors (Lipinski definition) is 1. The number of anilines is 1. The average Bonchev–Trinajstić information content (AvgIpc) is 3.26. The first-order valence-electron chi connectivity index (χ1n) is 10.3. The standard InChI is InChI=1S/C21H20BrN7O3/c1-10-20(22)25-17(8-24-10)26-21(32)15-6-12-5-14(12)29(15)18(31)9-28-16-7-23-4-3-13(16)19(27-28)11(2)30/h3-4,7-8,12,14-15H,5-6,9H2,1-2H3,(H,25,26,32)/t12-,14-,15+/m1/s1. The molecule has 0 bridgehead atoms. The van der Waals surface area contributed by atoms with Crippen molar-refractivity contribution in [3.63, 3.8) is 0 Å². The van der Waals surface area contributed by atoms with E-state index in [4.69, 9.17) is 0 Å². The number of carbonyl (C=O) groups is 3. The van der Waals surface area contributed by atoms with E-state index in [2.05, 4.69) is 41.3 Å². The van der Waals surface area contributed by atoms with Gasteiger partial charge in [0.2, 0.25) is 11.8 Å². The lowest BCUT2D eigenvalue weighted by molar-refractivity contribution is -0.138. The molecule has 10 nitrogen and oxygen atoms in total. The molecule has 2 amide bonds. The number of likely N-dealkylation sites (tertiary alicyclic amines) is 1. The van der Waals surface area contributed by atoms with Crippen LogP contribution in [0.3, 0.4) is 0 Å². The number of pyridine rings is 1. The molecule has 2 aliphatic rings. The van der Waals surface area contributed by atoms with Gasteiger partial charge >= 0.3 is 0 Å². The minimum absolute atomic E-state index is 0.0568. The first kappa shape index (κ1) is 20.7. The van der Waals surface area contributed by atoms with Gasteiger partial charge < -0.3 is 10.2 Å². The van der Waals surface area contributed by atoms with Crippen molar-refractivity contribution in [2.24, 2.45) is 5.92 Å². The third-order valence-corrected chi connectivity index (χ3v) is 6.77. The molecule has 4 heterocycles. The third kappa shape index (κ3) is 3.56. The molecule has 0 radical (unpaired) electrons. The van der Waals surface area contributed by atoms with Crippen LogP contribution in [0.15, 0.2) is 29.3 Å². The number of aryl methyl sites for hydroxylation is 1. The number of halogens is 1. The highest BCUT2D eigenvalue weighted by Gasteiger charge is 2.56. The van der Waals surface area contributed by atoms with Crippen LogP contribution in [0, 0.1) is 12.8 Å². The summed E-state index contributed by atoms with van der Waals surface area (Å²) in [6.45, 7) is 3.17. The summed E-state index contributed by atoms with van der Waals surface area (Å²) in [4.78, 5) is 52.5. The van der Waals surface area contributed by atoms with Crippen LogP contribution in [0.4, 0.5) is 5.82 Å². The summed E-state index contributed by atoms with van der Waals surface area (Å²) in [5, 5.41) is 7.78. The quantitative estimate of drug-likeness (QED) is 0.535. The number of ketones is 1. The van der Waals surface area contributed by atoms with Crippen molar-refractivity contribution >= 4 is 50.2 Å². The zero-order valence-corrected chi connectivity index (χ0v) is 19.0. The highest BCUT2D eigenvalue weighted by molar-refractivity contribution is 9.10. The first-order valence-corrected chi connectivity index (χ1v) is 11.1. The Morgan fingerprint density at radius 1 is 1.25 bits per heavy atom. The highest BCUT2D eigenvalue weighted by atomic mass is 79.9. The zero-order valence-electron chi connectivity index (χ0n) is 17.4. The molecule has 0 unspecified atom stereocenters. The zero-order chi connectivity index (χ0) is 22.6. The molecule has 1 saturated heterocycles. The molecular formula is C21H20BrN7O3. The Hall–Kier alpha value is -3.21. The van der Waals surface area contributed by atoms with Gasteiger partial charge in [-0.05, 0) is 47.7 Å². The van der Waals surface area contributed by atoms with Gasteiger partial charge in [0.25, 0.3) is 0 Å². The molecule has 5 rings (SSSR count). The van der Waals surface area contributed by atoms with Crippen LogP contribution in [-0.4, -0.2) is 59.3 Å². The second-order valence-corrected chi connectivity index (χ2v) is 8.94. The summed E-state index contributed by atoms with van der Waals surface area (Å²) >= 11 is 3.31. The van der Waals surface area contributed by atoms with E-state index in [0.29, 0.717) is 45.1 Å². The van der Waals surface area contributed by atoms with E-state index in [-0.39, 0.29) is 30.2 Å². The lowest BCUT2D eigenvalue weighted by Gasteiger charge is -2.26. The van der Waals surface area contributed by atoms with Crippen LogP contribution in [-0.2, 0) is 16.1 Å². The van der Waals surface area contributed by atoms with E-state index in [9.17, 15) is 14.4 Å². The van der Waals surface area contributed by atoms with Crippen molar-refractivity contribution in [3.05, 3.63) is 40.6 Å². The fourth-order valence-corrected chi connectivity index (χ4v) is 4.65. The Bertz CT molecular complexity index is 1270. The van der Waals surface area contributed by atoms with Crippen molar-refractivity contribution < 1.29 is 14.4 Å². The molecule has 3 aromatic heterocycles. The van der Waals surface area contributed by atoms with Gasteiger partial charge in [-0.15, -0.1) is 0 Å². The summed E-state index contributed by atoms with van der Waals surface area (Å²) in [6, 6.07) is 1.19. The normalized spacial score (nSPS) is 21.5. The van der Waals surface area contributed by atoms with E-state index < -0.39 is 6.04 Å².